The summed E-state index contributed by atoms with van der Waals surface area (Å²) in [6.45, 7) is 6.28. The molecular formula is C10H20N2O3. The van der Waals surface area contributed by atoms with Gasteiger partial charge in [-0.2, -0.15) is 0 Å². The first-order valence-corrected chi connectivity index (χ1v) is 5.02. The molecular weight excluding hydrogens is 196 g/mol. The van der Waals surface area contributed by atoms with E-state index in [2.05, 4.69) is 5.32 Å². The smallest absolute Gasteiger partial charge is 0.239 e. The molecule has 0 unspecified atom stereocenters. The van der Waals surface area contributed by atoms with E-state index in [1.807, 2.05) is 13.8 Å². The van der Waals surface area contributed by atoms with E-state index in [9.17, 15) is 9.59 Å². The number of ether oxygens (including phenoxy) is 1. The van der Waals surface area contributed by atoms with Crippen LogP contribution in [0, 0.1) is 0 Å². The van der Waals surface area contributed by atoms with E-state index in [0.717, 1.165) is 0 Å². The van der Waals surface area contributed by atoms with Crippen LogP contribution < -0.4 is 5.32 Å². The zero-order chi connectivity index (χ0) is 11.8. The molecule has 0 saturated heterocycles. The van der Waals surface area contributed by atoms with E-state index in [1.165, 1.54) is 11.8 Å². The summed E-state index contributed by atoms with van der Waals surface area (Å²) < 4.78 is 4.80. The van der Waals surface area contributed by atoms with Crippen molar-refractivity contribution >= 4 is 11.8 Å². The SMILES string of the molecule is COCCNC(=O)CN(C(C)=O)C(C)C. The Labute approximate surface area is 90.8 Å². The number of carbonyl (C=O) groups is 2. The summed E-state index contributed by atoms with van der Waals surface area (Å²) in [5.74, 6) is -0.247. The van der Waals surface area contributed by atoms with Crippen molar-refractivity contribution in [1.82, 2.24) is 10.2 Å². The Morgan fingerprint density at radius 1 is 1.40 bits per heavy atom. The largest absolute Gasteiger partial charge is 0.383 e. The topological polar surface area (TPSA) is 58.6 Å². The molecule has 0 rings (SSSR count). The lowest BCUT2D eigenvalue weighted by atomic mass is 10.3. The molecule has 0 heterocycles. The Bertz CT molecular complexity index is 217. The van der Waals surface area contributed by atoms with Gasteiger partial charge in [-0.05, 0) is 13.8 Å². The van der Waals surface area contributed by atoms with Gasteiger partial charge in [-0.25, -0.2) is 0 Å². The second-order valence-electron chi connectivity index (χ2n) is 3.58. The average Bonchev–Trinajstić information content (AvgIpc) is 2.13. The Kier molecular flexibility index (Phi) is 6.70. The highest BCUT2D eigenvalue weighted by atomic mass is 16.5. The molecule has 88 valence electrons. The van der Waals surface area contributed by atoms with E-state index in [-0.39, 0.29) is 24.4 Å². The standard InChI is InChI=1S/C10H20N2O3/c1-8(2)12(9(3)13)7-10(14)11-5-6-15-4/h8H,5-7H2,1-4H3,(H,11,14). The van der Waals surface area contributed by atoms with Crippen molar-refractivity contribution in [2.24, 2.45) is 0 Å². The fraction of sp³-hybridized carbons (Fsp3) is 0.800. The van der Waals surface area contributed by atoms with Gasteiger partial charge in [0.2, 0.25) is 11.8 Å². The minimum absolute atomic E-state index is 0.0377. The quantitative estimate of drug-likeness (QED) is 0.636. The summed E-state index contributed by atoms with van der Waals surface area (Å²) in [4.78, 5) is 24.1. The third-order valence-electron chi connectivity index (χ3n) is 1.97. The highest BCUT2D eigenvalue weighted by Crippen LogP contribution is 1.97. The van der Waals surface area contributed by atoms with E-state index < -0.39 is 0 Å². The van der Waals surface area contributed by atoms with Gasteiger partial charge < -0.3 is 15.0 Å². The monoisotopic (exact) mass is 216 g/mol. The van der Waals surface area contributed by atoms with Gasteiger partial charge in [0.1, 0.15) is 0 Å². The van der Waals surface area contributed by atoms with Crippen LogP contribution in [0.15, 0.2) is 0 Å². The van der Waals surface area contributed by atoms with Crippen LogP contribution in [-0.4, -0.2) is 49.6 Å². The molecule has 0 aromatic rings. The highest BCUT2D eigenvalue weighted by molar-refractivity contribution is 5.83. The van der Waals surface area contributed by atoms with E-state index in [1.54, 1.807) is 7.11 Å². The molecule has 2 amide bonds. The summed E-state index contributed by atoms with van der Waals surface area (Å²) in [5, 5.41) is 2.67. The fourth-order valence-electron chi connectivity index (χ4n) is 1.16. The summed E-state index contributed by atoms with van der Waals surface area (Å²) in [7, 11) is 1.57. The second kappa shape index (κ2) is 7.23. The van der Waals surface area contributed by atoms with Crippen LogP contribution in [0.3, 0.4) is 0 Å². The van der Waals surface area contributed by atoms with Crippen molar-refractivity contribution in [3.63, 3.8) is 0 Å². The number of carbonyl (C=O) groups excluding carboxylic acids is 2. The van der Waals surface area contributed by atoms with Crippen LogP contribution in [0.2, 0.25) is 0 Å². The third-order valence-corrected chi connectivity index (χ3v) is 1.97. The van der Waals surface area contributed by atoms with Crippen LogP contribution in [0.1, 0.15) is 20.8 Å². The number of rotatable bonds is 6. The molecule has 0 atom stereocenters. The van der Waals surface area contributed by atoms with Crippen LogP contribution in [0.5, 0.6) is 0 Å². The molecule has 0 aromatic heterocycles. The lowest BCUT2D eigenvalue weighted by molar-refractivity contribution is -0.136. The number of hydrogen-bond donors (Lipinski definition) is 1. The normalized spacial score (nSPS) is 10.2. The first-order chi connectivity index (χ1) is 6.99. The Hall–Kier alpha value is -1.10. The number of nitrogens with one attached hydrogen (secondary N) is 1. The van der Waals surface area contributed by atoms with Crippen molar-refractivity contribution in [2.45, 2.75) is 26.8 Å². The maximum absolute atomic E-state index is 11.4. The lowest BCUT2D eigenvalue weighted by Crippen LogP contribution is -2.43. The van der Waals surface area contributed by atoms with Crippen molar-refractivity contribution in [1.29, 1.82) is 0 Å². The molecule has 1 N–H and O–H groups in total. The predicted molar refractivity (Wildman–Crippen MR) is 57.4 cm³/mol. The first-order valence-electron chi connectivity index (χ1n) is 5.02. The fourth-order valence-corrected chi connectivity index (χ4v) is 1.16. The maximum Gasteiger partial charge on any atom is 0.239 e. The molecule has 5 heteroatoms. The van der Waals surface area contributed by atoms with Crippen LogP contribution in [-0.2, 0) is 14.3 Å². The number of amides is 2. The zero-order valence-corrected chi connectivity index (χ0v) is 9.87. The molecule has 5 nitrogen and oxygen atoms in total. The van der Waals surface area contributed by atoms with Crippen molar-refractivity contribution in [2.75, 3.05) is 26.8 Å². The van der Waals surface area contributed by atoms with Gasteiger partial charge in [0.05, 0.1) is 13.2 Å². The van der Waals surface area contributed by atoms with Crippen LogP contribution >= 0.6 is 0 Å². The maximum atomic E-state index is 11.4. The second-order valence-corrected chi connectivity index (χ2v) is 3.58. The summed E-state index contributed by atoms with van der Waals surface area (Å²) in [6.07, 6.45) is 0. The van der Waals surface area contributed by atoms with Gasteiger partial charge in [0.25, 0.3) is 0 Å². The Morgan fingerprint density at radius 3 is 2.40 bits per heavy atom. The third kappa shape index (κ3) is 6.06. The van der Waals surface area contributed by atoms with Crippen molar-refractivity contribution in [3.8, 4) is 0 Å². The van der Waals surface area contributed by atoms with Gasteiger partial charge in [0, 0.05) is 26.6 Å². The van der Waals surface area contributed by atoms with E-state index in [4.69, 9.17) is 4.74 Å². The van der Waals surface area contributed by atoms with E-state index in [0.29, 0.717) is 13.2 Å². The predicted octanol–water partition coefficient (Wildman–Crippen LogP) is 0.00590. The molecule has 0 aromatic carbocycles. The van der Waals surface area contributed by atoms with Gasteiger partial charge in [-0.1, -0.05) is 0 Å². The minimum atomic E-state index is -0.157. The van der Waals surface area contributed by atoms with Crippen molar-refractivity contribution in [3.05, 3.63) is 0 Å². The first kappa shape index (κ1) is 13.9. The molecule has 0 aliphatic heterocycles. The summed E-state index contributed by atoms with van der Waals surface area (Å²) in [5.41, 5.74) is 0. The number of hydrogen-bond acceptors (Lipinski definition) is 3. The molecule has 0 aliphatic rings. The Balaban J connectivity index is 3.95. The molecule has 0 fully saturated rings. The van der Waals surface area contributed by atoms with Gasteiger partial charge in [0.15, 0.2) is 0 Å². The van der Waals surface area contributed by atoms with E-state index >= 15 is 0 Å². The molecule has 0 radical (unpaired) electrons. The van der Waals surface area contributed by atoms with Gasteiger partial charge in [-0.3, -0.25) is 9.59 Å². The molecule has 0 aliphatic carbocycles. The molecule has 0 saturated carbocycles. The summed E-state index contributed by atoms with van der Waals surface area (Å²) >= 11 is 0. The van der Waals surface area contributed by atoms with Gasteiger partial charge >= 0.3 is 0 Å². The molecule has 0 bridgehead atoms. The summed E-state index contributed by atoms with van der Waals surface area (Å²) in [6, 6.07) is 0.0377. The van der Waals surface area contributed by atoms with Crippen molar-refractivity contribution < 1.29 is 14.3 Å². The zero-order valence-electron chi connectivity index (χ0n) is 9.87. The average molecular weight is 216 g/mol. The molecule has 15 heavy (non-hydrogen) atoms. The molecule has 0 spiro atoms. The van der Waals surface area contributed by atoms with Crippen LogP contribution in [0.4, 0.5) is 0 Å². The van der Waals surface area contributed by atoms with Gasteiger partial charge in [-0.15, -0.1) is 0 Å². The van der Waals surface area contributed by atoms with Crippen LogP contribution in [0.25, 0.3) is 0 Å². The Morgan fingerprint density at radius 2 is 2.00 bits per heavy atom. The minimum Gasteiger partial charge on any atom is -0.383 e. The lowest BCUT2D eigenvalue weighted by Gasteiger charge is -2.24. The number of methoxy groups -OCH3 is 1. The number of nitrogens with zero attached hydrogens (tertiary/aromatic N) is 1. The highest BCUT2D eigenvalue weighted by Gasteiger charge is 2.15.